The van der Waals surface area contributed by atoms with Gasteiger partial charge in [0.05, 0.1) is 12.9 Å². The average molecular weight is 425 g/mol. The molecule has 0 saturated carbocycles. The van der Waals surface area contributed by atoms with Crippen molar-refractivity contribution in [2.24, 2.45) is 17.6 Å². The van der Waals surface area contributed by atoms with E-state index in [0.29, 0.717) is 5.69 Å². The van der Waals surface area contributed by atoms with Crippen LogP contribution in [0.4, 0.5) is 0 Å². The van der Waals surface area contributed by atoms with Crippen molar-refractivity contribution in [1.29, 1.82) is 0 Å². The van der Waals surface area contributed by atoms with E-state index in [2.05, 4.69) is 25.9 Å². The van der Waals surface area contributed by atoms with Gasteiger partial charge < -0.3 is 31.8 Å². The van der Waals surface area contributed by atoms with E-state index in [1.807, 2.05) is 13.8 Å². The second kappa shape index (κ2) is 11.9. The van der Waals surface area contributed by atoms with Crippen LogP contribution in [0, 0.1) is 11.8 Å². The van der Waals surface area contributed by atoms with Crippen molar-refractivity contribution in [2.75, 3.05) is 6.54 Å². The molecular formula is C19H32N6O5. The molecule has 1 heterocycles. The Bertz CT molecular complexity index is 719. The normalized spacial score (nSPS) is 14.1. The molecule has 0 aliphatic rings. The highest BCUT2D eigenvalue weighted by Gasteiger charge is 2.31. The third-order valence-electron chi connectivity index (χ3n) is 4.38. The lowest BCUT2D eigenvalue weighted by Gasteiger charge is -2.27. The Hall–Kier alpha value is -2.95. The van der Waals surface area contributed by atoms with E-state index in [4.69, 9.17) is 5.73 Å². The first-order chi connectivity index (χ1) is 14.0. The molecule has 0 fully saturated rings. The molecule has 0 spiro atoms. The van der Waals surface area contributed by atoms with Crippen molar-refractivity contribution in [1.82, 2.24) is 25.9 Å². The van der Waals surface area contributed by atoms with Crippen molar-refractivity contribution in [3.05, 3.63) is 18.2 Å². The highest BCUT2D eigenvalue weighted by molar-refractivity contribution is 5.93. The molecule has 1 aromatic heterocycles. The van der Waals surface area contributed by atoms with Gasteiger partial charge in [0.1, 0.15) is 18.1 Å². The summed E-state index contributed by atoms with van der Waals surface area (Å²) in [5.41, 5.74) is 5.94. The highest BCUT2D eigenvalue weighted by atomic mass is 16.4. The number of aliphatic carboxylic acids is 1. The van der Waals surface area contributed by atoms with E-state index < -0.39 is 41.8 Å². The number of carboxylic acids is 1. The van der Waals surface area contributed by atoms with Crippen LogP contribution >= 0.6 is 0 Å². The van der Waals surface area contributed by atoms with Gasteiger partial charge >= 0.3 is 5.97 Å². The van der Waals surface area contributed by atoms with Crippen molar-refractivity contribution in [3.8, 4) is 0 Å². The van der Waals surface area contributed by atoms with Crippen LogP contribution in [-0.4, -0.2) is 63.4 Å². The summed E-state index contributed by atoms with van der Waals surface area (Å²) in [5, 5.41) is 17.0. The first-order valence-corrected chi connectivity index (χ1v) is 9.85. The van der Waals surface area contributed by atoms with Crippen molar-refractivity contribution in [3.63, 3.8) is 0 Å². The molecule has 3 amide bonds. The number of rotatable bonds is 12. The van der Waals surface area contributed by atoms with Gasteiger partial charge in [-0.15, -0.1) is 0 Å². The fourth-order valence-electron chi connectivity index (χ4n) is 2.82. The predicted octanol–water partition coefficient (Wildman–Crippen LogP) is -0.848. The first-order valence-electron chi connectivity index (χ1n) is 9.85. The quantitative estimate of drug-likeness (QED) is 0.253. The number of carbonyl (C=O) groups is 4. The van der Waals surface area contributed by atoms with Crippen LogP contribution in [0.5, 0.6) is 0 Å². The summed E-state index contributed by atoms with van der Waals surface area (Å²) in [6, 6.07) is -3.03. The number of carboxylic acid groups (broad SMARTS) is 1. The Morgan fingerprint density at radius 2 is 1.73 bits per heavy atom. The molecule has 0 aliphatic heterocycles. The van der Waals surface area contributed by atoms with Gasteiger partial charge in [-0.2, -0.15) is 0 Å². The van der Waals surface area contributed by atoms with Gasteiger partial charge in [0.25, 0.3) is 0 Å². The maximum atomic E-state index is 12.8. The Labute approximate surface area is 175 Å². The minimum Gasteiger partial charge on any atom is -0.480 e. The molecule has 3 atom stereocenters. The largest absolute Gasteiger partial charge is 0.480 e. The summed E-state index contributed by atoms with van der Waals surface area (Å²) in [6.45, 7) is 6.86. The number of carbonyl (C=O) groups excluding carboxylic acids is 3. The lowest BCUT2D eigenvalue weighted by molar-refractivity contribution is -0.143. The number of amides is 3. The summed E-state index contributed by atoms with van der Waals surface area (Å²) in [5.74, 6) is -3.11. The van der Waals surface area contributed by atoms with Gasteiger partial charge in [0, 0.05) is 18.3 Å². The minimum absolute atomic E-state index is 0.0590. The lowest BCUT2D eigenvalue weighted by atomic mass is 9.99. The molecule has 0 saturated heterocycles. The van der Waals surface area contributed by atoms with E-state index >= 15 is 0 Å². The van der Waals surface area contributed by atoms with Crippen LogP contribution < -0.4 is 21.7 Å². The Kier molecular flexibility index (Phi) is 9.96. The smallest absolute Gasteiger partial charge is 0.326 e. The Balaban J connectivity index is 2.93. The zero-order valence-corrected chi connectivity index (χ0v) is 17.8. The second-order valence-electron chi connectivity index (χ2n) is 7.86. The molecule has 11 nitrogen and oxygen atoms in total. The van der Waals surface area contributed by atoms with Crippen LogP contribution in [0.3, 0.4) is 0 Å². The van der Waals surface area contributed by atoms with E-state index in [1.54, 1.807) is 13.8 Å². The number of hydrogen-bond donors (Lipinski definition) is 6. The first kappa shape index (κ1) is 25.1. The van der Waals surface area contributed by atoms with Crippen LogP contribution in [0.1, 0.15) is 39.8 Å². The number of nitrogens with one attached hydrogen (secondary N) is 4. The molecule has 7 N–H and O–H groups in total. The van der Waals surface area contributed by atoms with Gasteiger partial charge in [0.15, 0.2) is 0 Å². The van der Waals surface area contributed by atoms with Crippen molar-refractivity contribution >= 4 is 23.7 Å². The third kappa shape index (κ3) is 8.19. The summed E-state index contributed by atoms with van der Waals surface area (Å²) in [4.78, 5) is 55.5. The van der Waals surface area contributed by atoms with Gasteiger partial charge in [-0.25, -0.2) is 9.78 Å². The van der Waals surface area contributed by atoms with E-state index in [9.17, 15) is 24.3 Å². The molecule has 0 aliphatic carbocycles. The summed E-state index contributed by atoms with van der Waals surface area (Å²) >= 11 is 0. The predicted molar refractivity (Wildman–Crippen MR) is 109 cm³/mol. The van der Waals surface area contributed by atoms with Gasteiger partial charge in [-0.05, 0) is 18.3 Å². The molecule has 30 heavy (non-hydrogen) atoms. The van der Waals surface area contributed by atoms with Crippen LogP contribution in [-0.2, 0) is 25.6 Å². The summed E-state index contributed by atoms with van der Waals surface area (Å²) in [6.07, 6.45) is 3.34. The van der Waals surface area contributed by atoms with Crippen LogP contribution in [0.15, 0.2) is 12.5 Å². The van der Waals surface area contributed by atoms with Crippen LogP contribution in [0.25, 0.3) is 0 Å². The number of H-pyrrole nitrogens is 1. The Morgan fingerprint density at radius 3 is 2.20 bits per heavy atom. The lowest BCUT2D eigenvalue weighted by Crippen LogP contribution is -2.58. The second-order valence-corrected chi connectivity index (χ2v) is 7.86. The van der Waals surface area contributed by atoms with Crippen molar-refractivity contribution in [2.45, 2.75) is 58.7 Å². The molecular weight excluding hydrogens is 392 g/mol. The number of hydrogen-bond acceptors (Lipinski definition) is 6. The monoisotopic (exact) mass is 424 g/mol. The number of nitrogens with two attached hydrogens (primary N) is 1. The maximum absolute atomic E-state index is 12.8. The standard InChI is InChI=1S/C19H32N6O5/c1-10(2)5-14(19(29)30)24-18(28)16(11(3)4)25-17(27)13(23-15(26)7-20)6-12-8-21-9-22-12/h8-11,13-14,16H,5-7,20H2,1-4H3,(H,21,22)(H,23,26)(H,24,28)(H,25,27)(H,29,30). The SMILES string of the molecule is CC(C)CC(NC(=O)C(NC(=O)C(Cc1cnc[nH]1)NC(=O)CN)C(C)C)C(=O)O. The zero-order chi connectivity index (χ0) is 22.8. The van der Waals surface area contributed by atoms with E-state index in [0.717, 1.165) is 0 Å². The van der Waals surface area contributed by atoms with E-state index in [-0.39, 0.29) is 31.2 Å². The number of imidazole rings is 1. The third-order valence-corrected chi connectivity index (χ3v) is 4.38. The fraction of sp³-hybridized carbons (Fsp3) is 0.632. The molecule has 3 unspecified atom stereocenters. The molecule has 0 bridgehead atoms. The molecule has 1 aromatic rings. The van der Waals surface area contributed by atoms with Gasteiger partial charge in [0.2, 0.25) is 17.7 Å². The Morgan fingerprint density at radius 1 is 1.07 bits per heavy atom. The van der Waals surface area contributed by atoms with Crippen molar-refractivity contribution < 1.29 is 24.3 Å². The number of aromatic nitrogens is 2. The molecule has 0 radical (unpaired) electrons. The van der Waals surface area contributed by atoms with Gasteiger partial charge in [-0.3, -0.25) is 14.4 Å². The number of nitrogens with zero attached hydrogens (tertiary/aromatic N) is 1. The molecule has 11 heteroatoms. The molecule has 0 aromatic carbocycles. The number of aromatic amines is 1. The van der Waals surface area contributed by atoms with Crippen LogP contribution in [0.2, 0.25) is 0 Å². The topological polar surface area (TPSA) is 179 Å². The summed E-state index contributed by atoms with van der Waals surface area (Å²) in [7, 11) is 0. The average Bonchev–Trinajstić information content (AvgIpc) is 3.16. The highest BCUT2D eigenvalue weighted by Crippen LogP contribution is 2.09. The maximum Gasteiger partial charge on any atom is 0.326 e. The summed E-state index contributed by atoms with van der Waals surface area (Å²) < 4.78 is 0. The van der Waals surface area contributed by atoms with E-state index in [1.165, 1.54) is 12.5 Å². The zero-order valence-electron chi connectivity index (χ0n) is 17.8. The molecule has 168 valence electrons. The fourth-order valence-corrected chi connectivity index (χ4v) is 2.82. The minimum atomic E-state index is -1.14. The van der Waals surface area contributed by atoms with Gasteiger partial charge in [-0.1, -0.05) is 27.7 Å². The molecule has 1 rings (SSSR count).